The van der Waals surface area contributed by atoms with Crippen LogP contribution < -0.4 is 19.5 Å². The van der Waals surface area contributed by atoms with E-state index in [9.17, 15) is 4.79 Å². The molecule has 0 saturated heterocycles. The molecule has 0 fully saturated rings. The van der Waals surface area contributed by atoms with E-state index in [0.29, 0.717) is 33.5 Å². The molecule has 2 aromatic rings. The van der Waals surface area contributed by atoms with Crippen molar-refractivity contribution in [1.29, 1.82) is 0 Å². The van der Waals surface area contributed by atoms with Crippen LogP contribution in [0.25, 0.3) is 0 Å². The fraction of sp³-hybridized carbons (Fsp3) is 0.188. The maximum atomic E-state index is 12.4. The van der Waals surface area contributed by atoms with Gasteiger partial charge in [0.05, 0.1) is 26.4 Å². The third-order valence-corrected chi connectivity index (χ3v) is 4.65. The Bertz CT molecular complexity index is 711. The number of carbonyl (C=O) groups excluding carboxylic acids is 1. The molecule has 0 spiro atoms. The van der Waals surface area contributed by atoms with Crippen LogP contribution in [-0.2, 0) is 0 Å². The van der Waals surface area contributed by atoms with Gasteiger partial charge < -0.3 is 19.5 Å². The highest BCUT2D eigenvalue weighted by Gasteiger charge is 2.15. The summed E-state index contributed by atoms with van der Waals surface area (Å²) in [5.74, 6) is 1.14. The molecule has 1 N–H and O–H groups in total. The molecule has 2 rings (SSSR count). The molecule has 0 saturated carbocycles. The Morgan fingerprint density at radius 3 is 2.13 bits per heavy atom. The van der Waals surface area contributed by atoms with E-state index in [0.717, 1.165) is 3.57 Å². The summed E-state index contributed by atoms with van der Waals surface area (Å²) in [4.78, 5) is 12.4. The van der Waals surface area contributed by atoms with Crippen molar-refractivity contribution < 1.29 is 19.0 Å². The summed E-state index contributed by atoms with van der Waals surface area (Å²) in [6.07, 6.45) is 0. The SMILES string of the molecule is COc1cc(NC(=O)c2ccc(Cl)c(I)c2)cc(OC)c1OC. The predicted octanol–water partition coefficient (Wildman–Crippen LogP) is 4.22. The molecular weight excluding hydrogens is 433 g/mol. The van der Waals surface area contributed by atoms with Gasteiger partial charge in [0, 0.05) is 27.0 Å². The number of hydrogen-bond donors (Lipinski definition) is 1. The minimum Gasteiger partial charge on any atom is -0.493 e. The van der Waals surface area contributed by atoms with E-state index in [2.05, 4.69) is 27.9 Å². The van der Waals surface area contributed by atoms with Crippen LogP contribution in [0.2, 0.25) is 5.02 Å². The van der Waals surface area contributed by atoms with E-state index in [1.807, 2.05) is 0 Å². The number of benzene rings is 2. The molecule has 0 bridgehead atoms. The quantitative estimate of drug-likeness (QED) is 0.697. The number of hydrogen-bond acceptors (Lipinski definition) is 4. The molecule has 0 heterocycles. The van der Waals surface area contributed by atoms with Crippen LogP contribution in [0.4, 0.5) is 5.69 Å². The van der Waals surface area contributed by atoms with E-state index >= 15 is 0 Å². The second kappa shape index (κ2) is 7.74. The van der Waals surface area contributed by atoms with Gasteiger partial charge in [0.2, 0.25) is 5.75 Å². The molecule has 1 amide bonds. The second-order valence-electron chi connectivity index (χ2n) is 4.50. The summed E-state index contributed by atoms with van der Waals surface area (Å²) >= 11 is 8.05. The summed E-state index contributed by atoms with van der Waals surface area (Å²) in [6.45, 7) is 0. The largest absolute Gasteiger partial charge is 0.493 e. The van der Waals surface area contributed by atoms with Gasteiger partial charge in [0.15, 0.2) is 11.5 Å². The van der Waals surface area contributed by atoms with Gasteiger partial charge in [-0.2, -0.15) is 0 Å². The van der Waals surface area contributed by atoms with Crippen molar-refractivity contribution in [3.63, 3.8) is 0 Å². The molecule has 23 heavy (non-hydrogen) atoms. The Morgan fingerprint density at radius 2 is 1.65 bits per heavy atom. The predicted molar refractivity (Wildman–Crippen MR) is 98.2 cm³/mol. The lowest BCUT2D eigenvalue weighted by atomic mass is 10.2. The Balaban J connectivity index is 2.31. The molecule has 0 radical (unpaired) electrons. The third-order valence-electron chi connectivity index (χ3n) is 3.10. The molecule has 0 unspecified atom stereocenters. The number of methoxy groups -OCH3 is 3. The van der Waals surface area contributed by atoms with Gasteiger partial charge in [-0.1, -0.05) is 11.6 Å². The van der Waals surface area contributed by atoms with Crippen LogP contribution in [0, 0.1) is 3.57 Å². The van der Waals surface area contributed by atoms with Crippen molar-refractivity contribution in [3.8, 4) is 17.2 Å². The van der Waals surface area contributed by atoms with Gasteiger partial charge in [-0.3, -0.25) is 4.79 Å². The number of halogens is 2. The molecule has 2 aromatic carbocycles. The third kappa shape index (κ3) is 4.00. The Kier molecular flexibility index (Phi) is 5.95. The highest BCUT2D eigenvalue weighted by atomic mass is 127. The number of amides is 1. The van der Waals surface area contributed by atoms with Crippen molar-refractivity contribution in [2.45, 2.75) is 0 Å². The summed E-state index contributed by atoms with van der Waals surface area (Å²) < 4.78 is 16.6. The Hall–Kier alpha value is -1.67. The summed E-state index contributed by atoms with van der Waals surface area (Å²) in [5, 5.41) is 3.41. The number of rotatable bonds is 5. The molecular formula is C16H15ClINO4. The molecule has 0 aromatic heterocycles. The highest BCUT2D eigenvalue weighted by molar-refractivity contribution is 14.1. The lowest BCUT2D eigenvalue weighted by molar-refractivity contribution is 0.102. The van der Waals surface area contributed by atoms with E-state index in [4.69, 9.17) is 25.8 Å². The first kappa shape index (κ1) is 17.7. The maximum Gasteiger partial charge on any atom is 0.255 e. The molecule has 0 aliphatic rings. The van der Waals surface area contributed by atoms with Crippen LogP contribution >= 0.6 is 34.2 Å². The fourth-order valence-electron chi connectivity index (χ4n) is 1.99. The molecule has 0 aliphatic heterocycles. The van der Waals surface area contributed by atoms with Gasteiger partial charge in [-0.15, -0.1) is 0 Å². The molecule has 0 aliphatic carbocycles. The van der Waals surface area contributed by atoms with E-state index in [1.165, 1.54) is 21.3 Å². The van der Waals surface area contributed by atoms with E-state index in [-0.39, 0.29) is 5.91 Å². The van der Waals surface area contributed by atoms with Gasteiger partial charge >= 0.3 is 0 Å². The standard InChI is InChI=1S/C16H15ClINO4/c1-21-13-7-10(8-14(22-2)15(13)23-3)19-16(20)9-4-5-11(17)12(18)6-9/h4-8H,1-3H3,(H,19,20). The lowest BCUT2D eigenvalue weighted by Gasteiger charge is -2.14. The number of carbonyl (C=O) groups is 1. The maximum absolute atomic E-state index is 12.4. The normalized spacial score (nSPS) is 10.1. The average Bonchev–Trinajstić information content (AvgIpc) is 2.56. The second-order valence-corrected chi connectivity index (χ2v) is 6.07. The zero-order chi connectivity index (χ0) is 17.0. The monoisotopic (exact) mass is 447 g/mol. The van der Waals surface area contributed by atoms with Crippen molar-refractivity contribution in [2.75, 3.05) is 26.6 Å². The van der Waals surface area contributed by atoms with Crippen LogP contribution in [-0.4, -0.2) is 27.2 Å². The molecule has 122 valence electrons. The van der Waals surface area contributed by atoms with Crippen molar-refractivity contribution in [3.05, 3.63) is 44.5 Å². The number of ether oxygens (including phenoxy) is 3. The van der Waals surface area contributed by atoms with Crippen molar-refractivity contribution in [2.24, 2.45) is 0 Å². The molecule has 5 nitrogen and oxygen atoms in total. The van der Waals surface area contributed by atoms with Gasteiger partial charge in [0.1, 0.15) is 0 Å². The van der Waals surface area contributed by atoms with Crippen LogP contribution in [0.5, 0.6) is 17.2 Å². The van der Waals surface area contributed by atoms with Gasteiger partial charge in [0.25, 0.3) is 5.91 Å². The summed E-state index contributed by atoms with van der Waals surface area (Å²) in [6, 6.07) is 8.40. The Morgan fingerprint density at radius 1 is 1.04 bits per heavy atom. The zero-order valence-electron chi connectivity index (χ0n) is 12.8. The van der Waals surface area contributed by atoms with Crippen LogP contribution in [0.1, 0.15) is 10.4 Å². The first-order valence-electron chi connectivity index (χ1n) is 6.56. The van der Waals surface area contributed by atoms with Crippen molar-refractivity contribution >= 4 is 45.8 Å². The van der Waals surface area contributed by atoms with E-state index in [1.54, 1.807) is 30.3 Å². The Labute approximate surface area is 153 Å². The highest BCUT2D eigenvalue weighted by Crippen LogP contribution is 2.40. The number of anilines is 1. The zero-order valence-corrected chi connectivity index (χ0v) is 15.7. The molecule has 0 atom stereocenters. The first-order valence-corrected chi connectivity index (χ1v) is 8.02. The topological polar surface area (TPSA) is 56.8 Å². The average molecular weight is 448 g/mol. The summed E-state index contributed by atoms with van der Waals surface area (Å²) in [7, 11) is 4.56. The lowest BCUT2D eigenvalue weighted by Crippen LogP contribution is -2.12. The number of nitrogens with one attached hydrogen (secondary N) is 1. The smallest absolute Gasteiger partial charge is 0.255 e. The van der Waals surface area contributed by atoms with Gasteiger partial charge in [-0.05, 0) is 40.8 Å². The van der Waals surface area contributed by atoms with Crippen LogP contribution in [0.15, 0.2) is 30.3 Å². The van der Waals surface area contributed by atoms with E-state index < -0.39 is 0 Å². The molecule has 7 heteroatoms. The fourth-order valence-corrected chi connectivity index (χ4v) is 2.63. The van der Waals surface area contributed by atoms with Crippen molar-refractivity contribution in [1.82, 2.24) is 0 Å². The van der Waals surface area contributed by atoms with Gasteiger partial charge in [-0.25, -0.2) is 0 Å². The first-order chi connectivity index (χ1) is 11.0. The minimum absolute atomic E-state index is 0.256. The minimum atomic E-state index is -0.256. The van der Waals surface area contributed by atoms with Crippen LogP contribution in [0.3, 0.4) is 0 Å². The summed E-state index contributed by atoms with van der Waals surface area (Å²) in [5.41, 5.74) is 1.04.